The molecule has 3 N–H and O–H groups in total. The Morgan fingerprint density at radius 2 is 1.89 bits per heavy atom. The minimum atomic E-state index is -0.288. The summed E-state index contributed by atoms with van der Waals surface area (Å²) < 4.78 is 0. The normalized spacial score (nSPS) is 30.2. The summed E-state index contributed by atoms with van der Waals surface area (Å²) in [4.78, 5) is 12.4. The van der Waals surface area contributed by atoms with Crippen molar-refractivity contribution in [1.29, 1.82) is 0 Å². The number of nitrogens with one attached hydrogen (secondary N) is 1. The molecule has 0 bridgehead atoms. The van der Waals surface area contributed by atoms with Crippen molar-refractivity contribution >= 4 is 5.91 Å². The molecular formula is C15H30N2O. The molecule has 1 aliphatic carbocycles. The maximum absolute atomic E-state index is 12.4. The molecule has 1 aliphatic rings. The summed E-state index contributed by atoms with van der Waals surface area (Å²) in [7, 11) is 0. The highest BCUT2D eigenvalue weighted by atomic mass is 16.2. The molecule has 0 aromatic carbocycles. The summed E-state index contributed by atoms with van der Waals surface area (Å²) in [5, 5.41) is 3.12. The molecule has 0 spiro atoms. The van der Waals surface area contributed by atoms with E-state index in [4.69, 9.17) is 5.73 Å². The van der Waals surface area contributed by atoms with Gasteiger partial charge in [-0.1, -0.05) is 27.7 Å². The van der Waals surface area contributed by atoms with Crippen molar-refractivity contribution < 1.29 is 4.79 Å². The molecule has 1 saturated carbocycles. The molecule has 1 unspecified atom stereocenters. The summed E-state index contributed by atoms with van der Waals surface area (Å²) in [6.45, 7) is 10.1. The van der Waals surface area contributed by atoms with Crippen LogP contribution in [0.15, 0.2) is 0 Å². The van der Waals surface area contributed by atoms with Gasteiger partial charge in [0.25, 0.3) is 0 Å². The zero-order chi connectivity index (χ0) is 13.8. The van der Waals surface area contributed by atoms with Gasteiger partial charge < -0.3 is 11.1 Å². The quantitative estimate of drug-likeness (QED) is 0.792. The van der Waals surface area contributed by atoms with Crippen LogP contribution in [-0.2, 0) is 4.79 Å². The number of hydrogen-bond donors (Lipinski definition) is 2. The van der Waals surface area contributed by atoms with E-state index in [9.17, 15) is 4.79 Å². The second kappa shape index (κ2) is 6.55. The summed E-state index contributed by atoms with van der Waals surface area (Å²) in [5.41, 5.74) is 5.60. The Morgan fingerprint density at radius 1 is 1.33 bits per heavy atom. The summed E-state index contributed by atoms with van der Waals surface area (Å²) in [6, 6.07) is 0. The summed E-state index contributed by atoms with van der Waals surface area (Å²) in [5.74, 6) is 2.05. The molecule has 0 aromatic heterocycles. The monoisotopic (exact) mass is 254 g/mol. The van der Waals surface area contributed by atoms with Gasteiger partial charge in [0.1, 0.15) is 0 Å². The van der Waals surface area contributed by atoms with Crippen LogP contribution in [-0.4, -0.2) is 19.0 Å². The van der Waals surface area contributed by atoms with Crippen LogP contribution in [0.1, 0.15) is 53.4 Å². The van der Waals surface area contributed by atoms with Crippen molar-refractivity contribution in [2.24, 2.45) is 28.9 Å². The topological polar surface area (TPSA) is 55.1 Å². The van der Waals surface area contributed by atoms with E-state index in [0.717, 1.165) is 38.1 Å². The lowest BCUT2D eigenvalue weighted by atomic mass is 9.70. The number of amides is 1. The highest BCUT2D eigenvalue weighted by Gasteiger charge is 2.39. The van der Waals surface area contributed by atoms with Crippen molar-refractivity contribution in [1.82, 2.24) is 5.32 Å². The molecule has 0 radical (unpaired) electrons. The first-order valence-corrected chi connectivity index (χ1v) is 7.39. The van der Waals surface area contributed by atoms with E-state index in [-0.39, 0.29) is 11.3 Å². The Hall–Kier alpha value is -0.570. The third kappa shape index (κ3) is 3.71. The Labute approximate surface area is 112 Å². The van der Waals surface area contributed by atoms with Crippen LogP contribution < -0.4 is 11.1 Å². The van der Waals surface area contributed by atoms with Crippen LogP contribution in [0.2, 0.25) is 0 Å². The number of rotatable bonds is 5. The Kier molecular flexibility index (Phi) is 5.64. The highest BCUT2D eigenvalue weighted by molar-refractivity contribution is 5.83. The maximum Gasteiger partial charge on any atom is 0.227 e. The maximum atomic E-state index is 12.4. The molecule has 1 amide bonds. The second-order valence-electron chi connectivity index (χ2n) is 6.60. The number of carbonyl (C=O) groups excluding carboxylic acids is 1. The largest absolute Gasteiger partial charge is 0.355 e. The first kappa shape index (κ1) is 15.5. The van der Waals surface area contributed by atoms with E-state index < -0.39 is 0 Å². The van der Waals surface area contributed by atoms with Gasteiger partial charge in [-0.3, -0.25) is 4.79 Å². The number of carbonyl (C=O) groups is 1. The van der Waals surface area contributed by atoms with Crippen LogP contribution in [0.5, 0.6) is 0 Å². The van der Waals surface area contributed by atoms with E-state index in [1.165, 1.54) is 0 Å². The van der Waals surface area contributed by atoms with Crippen molar-refractivity contribution in [3.63, 3.8) is 0 Å². The Morgan fingerprint density at radius 3 is 2.33 bits per heavy atom. The van der Waals surface area contributed by atoms with E-state index in [1.54, 1.807) is 0 Å². The predicted molar refractivity (Wildman–Crippen MR) is 76.1 cm³/mol. The molecule has 0 aliphatic heterocycles. The van der Waals surface area contributed by atoms with Crippen LogP contribution in [0.25, 0.3) is 0 Å². The van der Waals surface area contributed by atoms with Crippen LogP contribution in [0, 0.1) is 23.2 Å². The van der Waals surface area contributed by atoms with E-state index in [2.05, 4.69) is 33.0 Å². The average Bonchev–Trinajstić information content (AvgIpc) is 2.36. The molecule has 3 nitrogen and oxygen atoms in total. The lowest BCUT2D eigenvalue weighted by molar-refractivity contribution is -0.133. The third-order valence-corrected chi connectivity index (χ3v) is 4.83. The van der Waals surface area contributed by atoms with Crippen molar-refractivity contribution in [2.45, 2.75) is 53.4 Å². The minimum Gasteiger partial charge on any atom is -0.355 e. The van der Waals surface area contributed by atoms with E-state index in [1.807, 2.05) is 0 Å². The van der Waals surface area contributed by atoms with Gasteiger partial charge in [-0.15, -0.1) is 0 Å². The summed E-state index contributed by atoms with van der Waals surface area (Å²) >= 11 is 0. The zero-order valence-corrected chi connectivity index (χ0v) is 12.5. The van der Waals surface area contributed by atoms with Gasteiger partial charge in [0.2, 0.25) is 5.91 Å². The number of nitrogens with two attached hydrogens (primary N) is 1. The van der Waals surface area contributed by atoms with Crippen LogP contribution in [0.3, 0.4) is 0 Å². The molecule has 3 heteroatoms. The summed E-state index contributed by atoms with van der Waals surface area (Å²) in [6.07, 6.45) is 4.16. The Bertz CT molecular complexity index is 268. The fraction of sp³-hybridized carbons (Fsp3) is 0.933. The molecule has 1 fully saturated rings. The number of hydrogen-bond acceptors (Lipinski definition) is 2. The lowest BCUT2D eigenvalue weighted by Gasteiger charge is -2.37. The van der Waals surface area contributed by atoms with E-state index >= 15 is 0 Å². The highest BCUT2D eigenvalue weighted by Crippen LogP contribution is 2.38. The lowest BCUT2D eigenvalue weighted by Crippen LogP contribution is -2.49. The molecule has 0 aromatic rings. The second-order valence-corrected chi connectivity index (χ2v) is 6.60. The molecule has 0 heterocycles. The molecule has 18 heavy (non-hydrogen) atoms. The van der Waals surface area contributed by atoms with Crippen LogP contribution in [0.4, 0.5) is 0 Å². The van der Waals surface area contributed by atoms with Gasteiger partial charge in [-0.25, -0.2) is 0 Å². The molecule has 1 atom stereocenters. The first-order chi connectivity index (χ1) is 8.41. The van der Waals surface area contributed by atoms with Gasteiger partial charge in [-0.2, -0.15) is 0 Å². The van der Waals surface area contributed by atoms with Gasteiger partial charge in [0.15, 0.2) is 0 Å². The third-order valence-electron chi connectivity index (χ3n) is 4.83. The van der Waals surface area contributed by atoms with Gasteiger partial charge in [0.05, 0.1) is 5.41 Å². The van der Waals surface area contributed by atoms with Crippen molar-refractivity contribution in [3.05, 3.63) is 0 Å². The van der Waals surface area contributed by atoms with Crippen molar-refractivity contribution in [2.75, 3.05) is 13.1 Å². The molecule has 1 rings (SSSR count). The van der Waals surface area contributed by atoms with Gasteiger partial charge in [-0.05, 0) is 43.4 Å². The zero-order valence-electron chi connectivity index (χ0n) is 12.5. The SMILES string of the molecule is CC1CCC(CN)(C(=O)NCC(C)C(C)C)CC1. The smallest absolute Gasteiger partial charge is 0.227 e. The fourth-order valence-electron chi connectivity index (χ4n) is 2.52. The minimum absolute atomic E-state index is 0.185. The van der Waals surface area contributed by atoms with Crippen molar-refractivity contribution in [3.8, 4) is 0 Å². The van der Waals surface area contributed by atoms with Crippen LogP contribution >= 0.6 is 0 Å². The average molecular weight is 254 g/mol. The fourth-order valence-corrected chi connectivity index (χ4v) is 2.52. The molecular weight excluding hydrogens is 224 g/mol. The molecule has 106 valence electrons. The first-order valence-electron chi connectivity index (χ1n) is 7.39. The van der Waals surface area contributed by atoms with Gasteiger partial charge in [0, 0.05) is 13.1 Å². The van der Waals surface area contributed by atoms with E-state index in [0.29, 0.717) is 18.4 Å². The Balaban J connectivity index is 2.52. The standard InChI is InChI=1S/C15H30N2O/c1-11(2)13(4)9-17-14(18)15(10-16)7-5-12(3)6-8-15/h11-13H,5-10,16H2,1-4H3,(H,17,18). The van der Waals surface area contributed by atoms with Gasteiger partial charge >= 0.3 is 0 Å². The predicted octanol–water partition coefficient (Wildman–Crippen LogP) is 2.55. The molecule has 0 saturated heterocycles.